The van der Waals surface area contributed by atoms with Crippen LogP contribution in [0.3, 0.4) is 0 Å². The zero-order chi connectivity index (χ0) is 19.4. The van der Waals surface area contributed by atoms with Gasteiger partial charge in [-0.1, -0.05) is 29.8 Å². The Morgan fingerprint density at radius 3 is 2.44 bits per heavy atom. The number of hydrogen-bond acceptors (Lipinski definition) is 4. The van der Waals surface area contributed by atoms with Crippen LogP contribution in [0.1, 0.15) is 15.9 Å². The number of rotatable bonds is 5. The second kappa shape index (κ2) is 8.39. The summed E-state index contributed by atoms with van der Waals surface area (Å²) in [5, 5.41) is 0.376. The summed E-state index contributed by atoms with van der Waals surface area (Å²) in [4.78, 5) is 14.6. The van der Waals surface area contributed by atoms with Crippen LogP contribution in [-0.4, -0.2) is 56.8 Å². The monoisotopic (exact) mass is 408 g/mol. The number of methoxy groups -OCH3 is 1. The summed E-state index contributed by atoms with van der Waals surface area (Å²) in [5.74, 6) is -0.104. The Balaban J connectivity index is 1.68. The lowest BCUT2D eigenvalue weighted by atomic mass is 10.1. The summed E-state index contributed by atoms with van der Waals surface area (Å²) in [6.45, 7) is 1.61. The number of hydrogen-bond donors (Lipinski definition) is 0. The molecule has 0 unspecified atom stereocenters. The average molecular weight is 409 g/mol. The zero-order valence-electron chi connectivity index (χ0n) is 15.0. The van der Waals surface area contributed by atoms with E-state index in [-0.39, 0.29) is 23.9 Å². The number of carbonyl (C=O) groups excluding carboxylic acids is 1. The van der Waals surface area contributed by atoms with Crippen molar-refractivity contribution in [3.8, 4) is 0 Å². The van der Waals surface area contributed by atoms with Crippen molar-refractivity contribution in [2.75, 3.05) is 33.3 Å². The molecule has 2 aromatic rings. The molecule has 0 atom stereocenters. The minimum atomic E-state index is -3.62. The maximum absolute atomic E-state index is 12.8. The molecule has 1 heterocycles. The molecule has 3 rings (SSSR count). The number of ether oxygens (including phenoxy) is 1. The van der Waals surface area contributed by atoms with Crippen LogP contribution in [0.5, 0.6) is 0 Å². The van der Waals surface area contributed by atoms with Gasteiger partial charge in [-0.25, -0.2) is 8.42 Å². The summed E-state index contributed by atoms with van der Waals surface area (Å²) >= 11 is 5.91. The van der Waals surface area contributed by atoms with Crippen LogP contribution in [0, 0.1) is 0 Å². The zero-order valence-corrected chi connectivity index (χ0v) is 16.5. The molecule has 1 fully saturated rings. The van der Waals surface area contributed by atoms with E-state index in [0.717, 1.165) is 5.56 Å². The molecule has 0 radical (unpaired) electrons. The van der Waals surface area contributed by atoms with Crippen LogP contribution in [0.4, 0.5) is 0 Å². The Labute approximate surface area is 164 Å². The molecule has 0 aromatic heterocycles. The van der Waals surface area contributed by atoms with Gasteiger partial charge in [-0.2, -0.15) is 4.31 Å². The first-order chi connectivity index (χ1) is 12.9. The molecule has 27 heavy (non-hydrogen) atoms. The molecule has 144 valence electrons. The van der Waals surface area contributed by atoms with Crippen molar-refractivity contribution in [2.45, 2.75) is 11.5 Å². The minimum absolute atomic E-state index is 0.104. The summed E-state index contributed by atoms with van der Waals surface area (Å²) in [7, 11) is -2.01. The number of sulfonamides is 1. The molecular weight excluding hydrogens is 388 g/mol. The Morgan fingerprint density at radius 1 is 1.07 bits per heavy atom. The third-order valence-corrected chi connectivity index (χ3v) is 6.57. The van der Waals surface area contributed by atoms with Crippen molar-refractivity contribution < 1.29 is 17.9 Å². The lowest BCUT2D eigenvalue weighted by molar-refractivity contribution is 0.0697. The van der Waals surface area contributed by atoms with E-state index in [4.69, 9.17) is 16.3 Å². The molecule has 0 bridgehead atoms. The first kappa shape index (κ1) is 19.8. The molecule has 0 N–H and O–H groups in total. The van der Waals surface area contributed by atoms with Gasteiger partial charge in [0.15, 0.2) is 0 Å². The van der Waals surface area contributed by atoms with Crippen LogP contribution in [-0.2, 0) is 21.4 Å². The maximum atomic E-state index is 12.8. The lowest BCUT2D eigenvalue weighted by Crippen LogP contribution is -2.50. The van der Waals surface area contributed by atoms with Crippen LogP contribution >= 0.6 is 11.6 Å². The summed E-state index contributed by atoms with van der Waals surface area (Å²) in [6, 6.07) is 13.5. The van der Waals surface area contributed by atoms with Crippen molar-refractivity contribution in [2.24, 2.45) is 0 Å². The summed E-state index contributed by atoms with van der Waals surface area (Å²) < 4.78 is 32.0. The van der Waals surface area contributed by atoms with Crippen molar-refractivity contribution in [3.63, 3.8) is 0 Å². The number of nitrogens with zero attached hydrogens (tertiary/aromatic N) is 2. The number of benzene rings is 2. The van der Waals surface area contributed by atoms with Gasteiger partial charge in [0.05, 0.1) is 11.5 Å². The third kappa shape index (κ3) is 4.50. The standard InChI is InChI=1S/C19H21ClN2O4S/c1-26-14-15-4-2-5-16(12-15)19(23)21-8-10-22(11-9-21)27(24,25)18-7-3-6-17(20)13-18/h2-7,12-13H,8-11,14H2,1H3. The van der Waals surface area contributed by atoms with Gasteiger partial charge in [0, 0.05) is 43.9 Å². The molecule has 1 amide bonds. The second-order valence-electron chi connectivity index (χ2n) is 6.29. The molecule has 1 aliphatic heterocycles. The van der Waals surface area contributed by atoms with Gasteiger partial charge in [-0.3, -0.25) is 4.79 Å². The fraction of sp³-hybridized carbons (Fsp3) is 0.316. The van der Waals surface area contributed by atoms with Crippen molar-refractivity contribution in [3.05, 3.63) is 64.7 Å². The Kier molecular flexibility index (Phi) is 6.16. The predicted octanol–water partition coefficient (Wildman–Crippen LogP) is 2.63. The van der Waals surface area contributed by atoms with Crippen molar-refractivity contribution in [1.29, 1.82) is 0 Å². The van der Waals surface area contributed by atoms with E-state index in [1.165, 1.54) is 16.4 Å². The summed E-state index contributed by atoms with van der Waals surface area (Å²) in [6.07, 6.45) is 0. The fourth-order valence-electron chi connectivity index (χ4n) is 3.05. The van der Waals surface area contributed by atoms with Gasteiger partial charge in [0.1, 0.15) is 0 Å². The molecule has 1 saturated heterocycles. The lowest BCUT2D eigenvalue weighted by Gasteiger charge is -2.34. The number of carbonyl (C=O) groups is 1. The van der Waals surface area contributed by atoms with E-state index in [2.05, 4.69) is 0 Å². The van der Waals surface area contributed by atoms with Gasteiger partial charge >= 0.3 is 0 Å². The third-order valence-electron chi connectivity index (χ3n) is 4.44. The minimum Gasteiger partial charge on any atom is -0.380 e. The van der Waals surface area contributed by atoms with E-state index < -0.39 is 10.0 Å². The van der Waals surface area contributed by atoms with E-state index in [1.807, 2.05) is 12.1 Å². The summed E-state index contributed by atoms with van der Waals surface area (Å²) in [5.41, 5.74) is 1.50. The van der Waals surface area contributed by atoms with E-state index in [9.17, 15) is 13.2 Å². The average Bonchev–Trinajstić information content (AvgIpc) is 2.68. The van der Waals surface area contributed by atoms with Gasteiger partial charge in [0.2, 0.25) is 10.0 Å². The fourth-order valence-corrected chi connectivity index (χ4v) is 4.78. The van der Waals surface area contributed by atoms with Gasteiger partial charge in [-0.15, -0.1) is 0 Å². The van der Waals surface area contributed by atoms with E-state index >= 15 is 0 Å². The molecule has 6 nitrogen and oxygen atoms in total. The van der Waals surface area contributed by atoms with Crippen LogP contribution < -0.4 is 0 Å². The molecule has 0 aliphatic carbocycles. The first-order valence-electron chi connectivity index (χ1n) is 8.54. The Bertz CT molecular complexity index is 925. The normalized spacial score (nSPS) is 15.7. The number of amides is 1. The topological polar surface area (TPSA) is 66.9 Å². The van der Waals surface area contributed by atoms with Gasteiger partial charge in [0.25, 0.3) is 5.91 Å². The predicted molar refractivity (Wildman–Crippen MR) is 103 cm³/mol. The highest BCUT2D eigenvalue weighted by atomic mass is 35.5. The van der Waals surface area contributed by atoms with Crippen molar-refractivity contribution in [1.82, 2.24) is 9.21 Å². The van der Waals surface area contributed by atoms with Gasteiger partial charge in [-0.05, 0) is 35.9 Å². The van der Waals surface area contributed by atoms with Crippen LogP contribution in [0.25, 0.3) is 0 Å². The maximum Gasteiger partial charge on any atom is 0.253 e. The molecule has 8 heteroatoms. The Morgan fingerprint density at radius 2 is 1.78 bits per heavy atom. The second-order valence-corrected chi connectivity index (χ2v) is 8.66. The van der Waals surface area contributed by atoms with Crippen LogP contribution in [0.15, 0.2) is 53.4 Å². The van der Waals surface area contributed by atoms with E-state index in [1.54, 1.807) is 36.3 Å². The molecule has 0 saturated carbocycles. The molecule has 2 aromatic carbocycles. The van der Waals surface area contributed by atoms with E-state index in [0.29, 0.717) is 30.3 Å². The quantitative estimate of drug-likeness (QED) is 0.762. The molecular formula is C19H21ClN2O4S. The van der Waals surface area contributed by atoms with Gasteiger partial charge < -0.3 is 9.64 Å². The highest BCUT2D eigenvalue weighted by Gasteiger charge is 2.30. The van der Waals surface area contributed by atoms with Crippen molar-refractivity contribution >= 4 is 27.5 Å². The highest BCUT2D eigenvalue weighted by Crippen LogP contribution is 2.21. The number of piperazine rings is 1. The highest BCUT2D eigenvalue weighted by molar-refractivity contribution is 7.89. The first-order valence-corrected chi connectivity index (χ1v) is 10.4. The Hall–Kier alpha value is -1.93. The number of halogens is 1. The smallest absolute Gasteiger partial charge is 0.253 e. The largest absolute Gasteiger partial charge is 0.380 e. The van der Waals surface area contributed by atoms with Crippen LogP contribution in [0.2, 0.25) is 5.02 Å². The molecule has 1 aliphatic rings. The SMILES string of the molecule is COCc1cccc(C(=O)N2CCN(S(=O)(=O)c3cccc(Cl)c3)CC2)c1. The molecule has 0 spiro atoms.